The van der Waals surface area contributed by atoms with Gasteiger partial charge in [0.1, 0.15) is 0 Å². The fourth-order valence-corrected chi connectivity index (χ4v) is 4.99. The Morgan fingerprint density at radius 3 is 2.21 bits per heavy atom. The van der Waals surface area contributed by atoms with Gasteiger partial charge in [-0.1, -0.05) is 93.8 Å². The standard InChI is InChI=1S/C29H34/c1-3-5-6-7-23-9-11-24(12-10-23)25-14-16-26(17-15-25)28-19-18-27-20-22(4-2)8-13-29(27)21-28/h4,8,13-21,23-24H,2-3,5-7,9-12H2,1H3. The lowest BCUT2D eigenvalue weighted by molar-refractivity contribution is 0.303. The second kappa shape index (κ2) is 9.44. The van der Waals surface area contributed by atoms with E-state index >= 15 is 0 Å². The van der Waals surface area contributed by atoms with Crippen LogP contribution in [0.15, 0.2) is 67.2 Å². The summed E-state index contributed by atoms with van der Waals surface area (Å²) in [5.74, 6) is 1.75. The highest BCUT2D eigenvalue weighted by Gasteiger charge is 2.22. The molecular weight excluding hydrogens is 348 g/mol. The predicted octanol–water partition coefficient (Wildman–Crippen LogP) is 9.00. The first-order valence-electron chi connectivity index (χ1n) is 11.5. The monoisotopic (exact) mass is 382 g/mol. The third-order valence-corrected chi connectivity index (χ3v) is 6.88. The zero-order valence-corrected chi connectivity index (χ0v) is 17.9. The Hall–Kier alpha value is -2.34. The molecule has 0 saturated heterocycles. The van der Waals surface area contributed by atoms with Gasteiger partial charge in [-0.05, 0) is 82.7 Å². The fourth-order valence-electron chi connectivity index (χ4n) is 4.99. The van der Waals surface area contributed by atoms with Crippen molar-refractivity contribution >= 4 is 16.8 Å². The van der Waals surface area contributed by atoms with E-state index in [0.29, 0.717) is 0 Å². The van der Waals surface area contributed by atoms with Crippen LogP contribution in [-0.4, -0.2) is 0 Å². The molecule has 0 heterocycles. The Labute approximate surface area is 176 Å². The van der Waals surface area contributed by atoms with Gasteiger partial charge < -0.3 is 0 Å². The molecule has 1 fully saturated rings. The first-order valence-corrected chi connectivity index (χ1v) is 11.5. The summed E-state index contributed by atoms with van der Waals surface area (Å²) < 4.78 is 0. The minimum Gasteiger partial charge on any atom is -0.0985 e. The average molecular weight is 383 g/mol. The summed E-state index contributed by atoms with van der Waals surface area (Å²) in [7, 11) is 0. The van der Waals surface area contributed by atoms with Crippen LogP contribution in [0, 0.1) is 5.92 Å². The molecule has 0 nitrogen and oxygen atoms in total. The third kappa shape index (κ3) is 4.81. The average Bonchev–Trinajstić information content (AvgIpc) is 2.79. The van der Waals surface area contributed by atoms with Crippen LogP contribution in [0.5, 0.6) is 0 Å². The van der Waals surface area contributed by atoms with E-state index in [1.807, 2.05) is 6.08 Å². The van der Waals surface area contributed by atoms with E-state index in [-0.39, 0.29) is 0 Å². The largest absolute Gasteiger partial charge is 0.0985 e. The molecule has 1 aliphatic rings. The van der Waals surface area contributed by atoms with Gasteiger partial charge in [0.2, 0.25) is 0 Å². The maximum atomic E-state index is 3.87. The third-order valence-electron chi connectivity index (χ3n) is 6.88. The molecule has 0 heteroatoms. The van der Waals surface area contributed by atoms with Crippen molar-refractivity contribution in [2.24, 2.45) is 5.92 Å². The molecule has 0 aromatic heterocycles. The maximum Gasteiger partial charge on any atom is -0.0162 e. The molecule has 0 unspecified atom stereocenters. The number of fused-ring (bicyclic) bond motifs is 1. The second-order valence-corrected chi connectivity index (χ2v) is 8.86. The molecule has 0 N–H and O–H groups in total. The fraction of sp³-hybridized carbons (Fsp3) is 0.379. The molecule has 0 spiro atoms. The minimum atomic E-state index is 0.764. The van der Waals surface area contributed by atoms with E-state index < -0.39 is 0 Å². The lowest BCUT2D eigenvalue weighted by Crippen LogP contribution is -2.13. The van der Waals surface area contributed by atoms with Crippen molar-refractivity contribution in [1.82, 2.24) is 0 Å². The van der Waals surface area contributed by atoms with Gasteiger partial charge in [-0.25, -0.2) is 0 Å². The Bertz CT molecular complexity index is 939. The molecular formula is C29H34. The van der Waals surface area contributed by atoms with Crippen molar-refractivity contribution in [3.63, 3.8) is 0 Å². The van der Waals surface area contributed by atoms with Crippen molar-refractivity contribution in [1.29, 1.82) is 0 Å². The Kier molecular flexibility index (Phi) is 6.49. The van der Waals surface area contributed by atoms with Crippen molar-refractivity contribution in [2.75, 3.05) is 0 Å². The molecule has 0 atom stereocenters. The van der Waals surface area contributed by atoms with Crippen molar-refractivity contribution < 1.29 is 0 Å². The second-order valence-electron chi connectivity index (χ2n) is 8.86. The van der Waals surface area contributed by atoms with E-state index in [1.165, 1.54) is 84.4 Å². The molecule has 1 saturated carbocycles. The van der Waals surface area contributed by atoms with Crippen LogP contribution in [0.2, 0.25) is 0 Å². The molecule has 0 amide bonds. The minimum absolute atomic E-state index is 0.764. The first kappa shape index (κ1) is 20.0. The number of unbranched alkanes of at least 4 members (excludes halogenated alkanes) is 2. The first-order chi connectivity index (χ1) is 14.3. The molecule has 3 aromatic rings. The highest BCUT2D eigenvalue weighted by atomic mass is 14.3. The van der Waals surface area contributed by atoms with Gasteiger partial charge >= 0.3 is 0 Å². The van der Waals surface area contributed by atoms with Gasteiger partial charge in [-0.2, -0.15) is 0 Å². The number of hydrogen-bond acceptors (Lipinski definition) is 0. The van der Waals surface area contributed by atoms with Gasteiger partial charge in [-0.3, -0.25) is 0 Å². The quantitative estimate of drug-likeness (QED) is 0.358. The van der Waals surface area contributed by atoms with Gasteiger partial charge in [0, 0.05) is 0 Å². The van der Waals surface area contributed by atoms with Crippen LogP contribution >= 0.6 is 0 Å². The lowest BCUT2D eigenvalue weighted by Gasteiger charge is -2.29. The van der Waals surface area contributed by atoms with E-state index in [2.05, 4.69) is 74.2 Å². The smallest absolute Gasteiger partial charge is 0.0162 e. The molecule has 0 bridgehead atoms. The van der Waals surface area contributed by atoms with E-state index in [4.69, 9.17) is 0 Å². The van der Waals surface area contributed by atoms with Crippen LogP contribution in [0.3, 0.4) is 0 Å². The number of rotatable bonds is 7. The molecule has 29 heavy (non-hydrogen) atoms. The molecule has 150 valence electrons. The number of benzene rings is 3. The van der Waals surface area contributed by atoms with Gasteiger partial charge in [-0.15, -0.1) is 0 Å². The van der Waals surface area contributed by atoms with Crippen LogP contribution in [-0.2, 0) is 0 Å². The van der Waals surface area contributed by atoms with Gasteiger partial charge in [0.25, 0.3) is 0 Å². The van der Waals surface area contributed by atoms with E-state index in [1.54, 1.807) is 0 Å². The van der Waals surface area contributed by atoms with Crippen molar-refractivity contribution in [2.45, 2.75) is 64.2 Å². The molecule has 1 aliphatic carbocycles. The van der Waals surface area contributed by atoms with Crippen molar-refractivity contribution in [3.8, 4) is 11.1 Å². The molecule has 4 rings (SSSR count). The topological polar surface area (TPSA) is 0 Å². The maximum absolute atomic E-state index is 3.87. The number of hydrogen-bond donors (Lipinski definition) is 0. The summed E-state index contributed by atoms with van der Waals surface area (Å²) in [6, 6.07) is 22.7. The SMILES string of the molecule is C=Cc1ccc2cc(-c3ccc(C4CCC(CCCCC)CC4)cc3)ccc2c1. The van der Waals surface area contributed by atoms with Crippen LogP contribution in [0.1, 0.15) is 75.3 Å². The molecule has 0 radical (unpaired) electrons. The Morgan fingerprint density at radius 1 is 0.793 bits per heavy atom. The van der Waals surface area contributed by atoms with Crippen LogP contribution in [0.4, 0.5) is 0 Å². The molecule has 0 aliphatic heterocycles. The lowest BCUT2D eigenvalue weighted by atomic mass is 9.77. The van der Waals surface area contributed by atoms with E-state index in [0.717, 1.165) is 11.8 Å². The summed E-state index contributed by atoms with van der Waals surface area (Å²) in [4.78, 5) is 0. The van der Waals surface area contributed by atoms with Crippen LogP contribution in [0.25, 0.3) is 28.0 Å². The Morgan fingerprint density at radius 2 is 1.48 bits per heavy atom. The highest BCUT2D eigenvalue weighted by molar-refractivity contribution is 5.88. The summed E-state index contributed by atoms with van der Waals surface area (Å²) in [6.45, 7) is 6.17. The normalized spacial score (nSPS) is 19.3. The zero-order chi connectivity index (χ0) is 20.1. The van der Waals surface area contributed by atoms with Crippen LogP contribution < -0.4 is 0 Å². The van der Waals surface area contributed by atoms with Gasteiger partial charge in [0.05, 0.1) is 0 Å². The Balaban J connectivity index is 1.42. The summed E-state index contributed by atoms with van der Waals surface area (Å²) >= 11 is 0. The summed E-state index contributed by atoms with van der Waals surface area (Å²) in [5, 5.41) is 2.57. The van der Waals surface area contributed by atoms with Crippen molar-refractivity contribution in [3.05, 3.63) is 78.4 Å². The van der Waals surface area contributed by atoms with Gasteiger partial charge in [0.15, 0.2) is 0 Å². The predicted molar refractivity (Wildman–Crippen MR) is 128 cm³/mol. The van der Waals surface area contributed by atoms with E-state index in [9.17, 15) is 0 Å². The molecule has 3 aromatic carbocycles. The zero-order valence-electron chi connectivity index (χ0n) is 17.9. The summed E-state index contributed by atoms with van der Waals surface area (Å²) in [5.41, 5.74) is 5.33. The summed E-state index contributed by atoms with van der Waals surface area (Å²) in [6.07, 6.45) is 13.1. The highest BCUT2D eigenvalue weighted by Crippen LogP contribution is 2.38.